The molecule has 0 fully saturated rings. The molecule has 2 aromatic carbocycles. The number of aryl methyl sites for hydroxylation is 1. The third-order valence-corrected chi connectivity index (χ3v) is 4.32. The predicted molar refractivity (Wildman–Crippen MR) is 108 cm³/mol. The largest absolute Gasteiger partial charge is 0.496 e. The number of carbonyl (C=O) groups excluding carboxylic acids is 1. The Morgan fingerprint density at radius 1 is 1.25 bits per heavy atom. The zero-order valence-electron chi connectivity index (χ0n) is 15.9. The van der Waals surface area contributed by atoms with Gasteiger partial charge in [0.1, 0.15) is 23.1 Å². The lowest BCUT2D eigenvalue weighted by atomic mass is 10.0. The molecule has 28 heavy (non-hydrogen) atoms. The Morgan fingerprint density at radius 2 is 2.00 bits per heavy atom. The monoisotopic (exact) mass is 372 g/mol. The van der Waals surface area contributed by atoms with Gasteiger partial charge in [-0.25, -0.2) is 4.68 Å². The fourth-order valence-electron chi connectivity index (χ4n) is 2.89. The standard InChI is InChI=1S/C22H20N4O2/c1-15-11-16(9-10-20(15)28-3)21-18(12-17(13-23)22(27)24-2)14-26(25-21)19-7-5-4-6-8-19/h4-12,14H,1-3H3,(H,24,27)/b17-12-. The molecule has 1 N–H and O–H groups in total. The first-order chi connectivity index (χ1) is 13.6. The molecule has 6 heteroatoms. The molecule has 3 rings (SSSR count). The summed E-state index contributed by atoms with van der Waals surface area (Å²) < 4.78 is 7.07. The summed E-state index contributed by atoms with van der Waals surface area (Å²) >= 11 is 0. The third kappa shape index (κ3) is 3.79. The summed E-state index contributed by atoms with van der Waals surface area (Å²) in [5, 5.41) is 16.6. The second-order valence-electron chi connectivity index (χ2n) is 6.15. The van der Waals surface area contributed by atoms with Crippen molar-refractivity contribution < 1.29 is 9.53 Å². The molecular weight excluding hydrogens is 352 g/mol. The maximum absolute atomic E-state index is 12.0. The molecule has 0 aliphatic heterocycles. The van der Waals surface area contributed by atoms with Gasteiger partial charge < -0.3 is 10.1 Å². The van der Waals surface area contributed by atoms with Gasteiger partial charge in [-0.3, -0.25) is 4.79 Å². The van der Waals surface area contributed by atoms with E-state index in [1.165, 1.54) is 7.05 Å². The number of nitrogens with zero attached hydrogens (tertiary/aromatic N) is 3. The number of benzene rings is 2. The van der Waals surface area contributed by atoms with Crippen LogP contribution in [0, 0.1) is 18.3 Å². The summed E-state index contributed by atoms with van der Waals surface area (Å²) in [5.74, 6) is 0.346. The smallest absolute Gasteiger partial charge is 0.261 e. The van der Waals surface area contributed by atoms with Gasteiger partial charge in [-0.05, 0) is 48.9 Å². The van der Waals surface area contributed by atoms with Crippen LogP contribution in [0.1, 0.15) is 11.1 Å². The Bertz CT molecular complexity index is 1080. The Labute approximate surface area is 163 Å². The Hall–Kier alpha value is -3.85. The van der Waals surface area contributed by atoms with E-state index in [-0.39, 0.29) is 5.57 Å². The van der Waals surface area contributed by atoms with Crippen molar-refractivity contribution in [1.29, 1.82) is 5.26 Å². The van der Waals surface area contributed by atoms with Gasteiger partial charge in [0.25, 0.3) is 5.91 Å². The first kappa shape index (κ1) is 18.9. The van der Waals surface area contributed by atoms with Gasteiger partial charge in [-0.1, -0.05) is 18.2 Å². The normalized spacial score (nSPS) is 11.0. The number of rotatable bonds is 5. The quantitative estimate of drug-likeness (QED) is 0.549. The molecule has 6 nitrogen and oxygen atoms in total. The highest BCUT2D eigenvalue weighted by Gasteiger charge is 2.15. The van der Waals surface area contributed by atoms with Crippen LogP contribution in [0.5, 0.6) is 5.75 Å². The van der Waals surface area contributed by atoms with Crippen LogP contribution in [0.2, 0.25) is 0 Å². The average Bonchev–Trinajstić information content (AvgIpc) is 3.16. The van der Waals surface area contributed by atoms with Crippen molar-refractivity contribution in [3.63, 3.8) is 0 Å². The van der Waals surface area contributed by atoms with Crippen LogP contribution in [0.4, 0.5) is 0 Å². The van der Waals surface area contributed by atoms with E-state index in [4.69, 9.17) is 9.84 Å². The molecule has 0 bridgehead atoms. The lowest BCUT2D eigenvalue weighted by Gasteiger charge is -2.07. The molecule has 0 unspecified atom stereocenters. The first-order valence-electron chi connectivity index (χ1n) is 8.71. The molecule has 0 saturated heterocycles. The second-order valence-corrected chi connectivity index (χ2v) is 6.15. The molecule has 0 atom stereocenters. The zero-order valence-corrected chi connectivity index (χ0v) is 15.9. The molecule has 0 aliphatic carbocycles. The predicted octanol–water partition coefficient (Wildman–Crippen LogP) is 3.51. The topological polar surface area (TPSA) is 79.9 Å². The van der Waals surface area contributed by atoms with E-state index >= 15 is 0 Å². The lowest BCUT2D eigenvalue weighted by Crippen LogP contribution is -2.19. The van der Waals surface area contributed by atoms with Gasteiger partial charge in [-0.2, -0.15) is 10.4 Å². The minimum Gasteiger partial charge on any atom is -0.496 e. The molecule has 0 radical (unpaired) electrons. The van der Waals surface area contributed by atoms with E-state index < -0.39 is 5.91 Å². The van der Waals surface area contributed by atoms with Gasteiger partial charge >= 0.3 is 0 Å². The summed E-state index contributed by atoms with van der Waals surface area (Å²) in [7, 11) is 3.12. The molecule has 3 aromatic rings. The number of nitriles is 1. The highest BCUT2D eigenvalue weighted by atomic mass is 16.5. The Balaban J connectivity index is 2.18. The van der Waals surface area contributed by atoms with Crippen molar-refractivity contribution in [3.05, 3.63) is 71.4 Å². The number of methoxy groups -OCH3 is 1. The number of nitrogens with one attached hydrogen (secondary N) is 1. The molecule has 1 amide bonds. The van der Waals surface area contributed by atoms with Crippen LogP contribution in [0.25, 0.3) is 23.0 Å². The van der Waals surface area contributed by atoms with Crippen LogP contribution in [-0.4, -0.2) is 29.8 Å². The third-order valence-electron chi connectivity index (χ3n) is 4.32. The summed E-state index contributed by atoms with van der Waals surface area (Å²) in [5.41, 5.74) is 4.08. The number of hydrogen-bond acceptors (Lipinski definition) is 4. The summed E-state index contributed by atoms with van der Waals surface area (Å²) in [6, 6.07) is 17.4. The first-order valence-corrected chi connectivity index (χ1v) is 8.71. The van der Waals surface area contributed by atoms with Crippen LogP contribution in [0.15, 0.2) is 60.3 Å². The van der Waals surface area contributed by atoms with Gasteiger partial charge in [0.05, 0.1) is 12.8 Å². The van der Waals surface area contributed by atoms with Crippen LogP contribution in [0.3, 0.4) is 0 Å². The fraction of sp³-hybridized carbons (Fsp3) is 0.136. The van der Waals surface area contributed by atoms with Crippen LogP contribution < -0.4 is 10.1 Å². The molecule has 0 spiro atoms. The molecular formula is C22H20N4O2. The second kappa shape index (κ2) is 8.23. The Kier molecular flexibility index (Phi) is 5.56. The highest BCUT2D eigenvalue weighted by Crippen LogP contribution is 2.29. The minimum atomic E-state index is -0.438. The van der Waals surface area contributed by atoms with Gasteiger partial charge in [0.2, 0.25) is 0 Å². The number of amides is 1. The van der Waals surface area contributed by atoms with Crippen LogP contribution >= 0.6 is 0 Å². The number of aromatic nitrogens is 2. The van der Waals surface area contributed by atoms with E-state index in [1.807, 2.05) is 67.7 Å². The van der Waals surface area contributed by atoms with E-state index in [0.717, 1.165) is 22.6 Å². The van der Waals surface area contributed by atoms with E-state index in [2.05, 4.69) is 5.32 Å². The van der Waals surface area contributed by atoms with Gasteiger partial charge in [0, 0.05) is 24.4 Å². The SMILES string of the molecule is CNC(=O)/C(C#N)=C\c1cn(-c2ccccc2)nc1-c1ccc(OC)c(C)c1. The van der Waals surface area contributed by atoms with E-state index in [1.54, 1.807) is 17.9 Å². The number of para-hydroxylation sites is 1. The van der Waals surface area contributed by atoms with Crippen molar-refractivity contribution in [2.45, 2.75) is 6.92 Å². The maximum Gasteiger partial charge on any atom is 0.261 e. The number of hydrogen-bond donors (Lipinski definition) is 1. The van der Waals surface area contributed by atoms with Crippen molar-refractivity contribution in [2.75, 3.05) is 14.2 Å². The summed E-state index contributed by atoms with van der Waals surface area (Å²) in [4.78, 5) is 12.0. The number of carbonyl (C=O) groups is 1. The molecule has 0 aliphatic rings. The fourth-order valence-corrected chi connectivity index (χ4v) is 2.89. The molecule has 140 valence electrons. The van der Waals surface area contributed by atoms with E-state index in [9.17, 15) is 10.1 Å². The van der Waals surface area contributed by atoms with Crippen molar-refractivity contribution in [1.82, 2.24) is 15.1 Å². The average molecular weight is 372 g/mol. The molecule has 1 heterocycles. The van der Waals surface area contributed by atoms with Crippen LogP contribution in [-0.2, 0) is 4.79 Å². The van der Waals surface area contributed by atoms with Gasteiger partial charge in [-0.15, -0.1) is 0 Å². The summed E-state index contributed by atoms with van der Waals surface area (Å²) in [6.45, 7) is 1.96. The maximum atomic E-state index is 12.0. The van der Waals surface area contributed by atoms with Gasteiger partial charge in [0.15, 0.2) is 0 Å². The number of likely N-dealkylation sites (N-methyl/N-ethyl adjacent to an activating group) is 1. The molecule has 1 aromatic heterocycles. The minimum absolute atomic E-state index is 0.0154. The summed E-state index contributed by atoms with van der Waals surface area (Å²) in [6.07, 6.45) is 3.37. The highest BCUT2D eigenvalue weighted by molar-refractivity contribution is 6.02. The lowest BCUT2D eigenvalue weighted by molar-refractivity contribution is -0.116. The van der Waals surface area contributed by atoms with Crippen molar-refractivity contribution in [2.24, 2.45) is 0 Å². The molecule has 0 saturated carbocycles. The number of ether oxygens (including phenoxy) is 1. The Morgan fingerprint density at radius 3 is 2.61 bits per heavy atom. The zero-order chi connectivity index (χ0) is 20.1. The van der Waals surface area contributed by atoms with Crippen molar-refractivity contribution >= 4 is 12.0 Å². The van der Waals surface area contributed by atoms with Crippen molar-refractivity contribution in [3.8, 4) is 28.8 Å². The van der Waals surface area contributed by atoms with E-state index in [0.29, 0.717) is 11.3 Å².